The van der Waals surface area contributed by atoms with Crippen LogP contribution in [0.25, 0.3) is 0 Å². The Kier molecular flexibility index (Phi) is 4.49. The first-order valence-electron chi connectivity index (χ1n) is 6.46. The predicted octanol–water partition coefficient (Wildman–Crippen LogP) is 2.07. The number of piperazine rings is 1. The molecule has 2 rings (SSSR count). The van der Waals surface area contributed by atoms with Crippen LogP contribution in [0.4, 0.5) is 5.69 Å². The lowest BCUT2D eigenvalue weighted by atomic mass is 10.1. The van der Waals surface area contributed by atoms with E-state index >= 15 is 0 Å². The van der Waals surface area contributed by atoms with Gasteiger partial charge in [0.05, 0.1) is 10.7 Å². The van der Waals surface area contributed by atoms with Gasteiger partial charge in [0.25, 0.3) is 0 Å². The monoisotopic (exact) mass is 267 g/mol. The van der Waals surface area contributed by atoms with Gasteiger partial charge in [0, 0.05) is 31.7 Å². The summed E-state index contributed by atoms with van der Waals surface area (Å²) in [5.41, 5.74) is 1.15. The summed E-state index contributed by atoms with van der Waals surface area (Å²) in [6.45, 7) is 5.29. The van der Waals surface area contributed by atoms with Crippen LogP contribution >= 0.6 is 11.6 Å². The van der Waals surface area contributed by atoms with Crippen LogP contribution in [-0.2, 0) is 0 Å². The van der Waals surface area contributed by atoms with Crippen molar-refractivity contribution in [3.05, 3.63) is 29.3 Å². The first-order valence-corrected chi connectivity index (χ1v) is 6.84. The zero-order valence-corrected chi connectivity index (χ0v) is 12.1. The molecule has 1 saturated heterocycles. The third-order valence-electron chi connectivity index (χ3n) is 3.23. The summed E-state index contributed by atoms with van der Waals surface area (Å²) in [4.78, 5) is 4.61. The second-order valence-corrected chi connectivity index (χ2v) is 5.79. The number of hydrogen-bond acceptors (Lipinski definition) is 3. The molecule has 0 bridgehead atoms. The molecule has 4 heteroatoms. The third kappa shape index (κ3) is 3.37. The Morgan fingerprint density at radius 1 is 1.33 bits per heavy atom. The topological polar surface area (TPSA) is 18.5 Å². The van der Waals surface area contributed by atoms with E-state index in [2.05, 4.69) is 48.3 Å². The first-order chi connectivity index (χ1) is 8.56. The highest BCUT2D eigenvalue weighted by Crippen LogP contribution is 2.26. The number of nitrogens with zero attached hydrogens (tertiary/aromatic N) is 2. The van der Waals surface area contributed by atoms with Gasteiger partial charge < -0.3 is 15.1 Å². The molecule has 0 radical (unpaired) electrons. The molecule has 0 spiro atoms. The van der Waals surface area contributed by atoms with E-state index in [4.69, 9.17) is 11.6 Å². The fraction of sp³-hybridized carbons (Fsp3) is 0.571. The molecule has 100 valence electrons. The number of rotatable bonds is 3. The quantitative estimate of drug-likeness (QED) is 0.905. The molecule has 1 fully saturated rings. The van der Waals surface area contributed by atoms with Crippen LogP contribution in [0, 0.1) is 0 Å². The van der Waals surface area contributed by atoms with Gasteiger partial charge in [-0.15, -0.1) is 0 Å². The van der Waals surface area contributed by atoms with E-state index in [0.29, 0.717) is 12.1 Å². The summed E-state index contributed by atoms with van der Waals surface area (Å²) in [6, 6.07) is 9.07. The summed E-state index contributed by atoms with van der Waals surface area (Å²) in [7, 11) is 4.22. The van der Waals surface area contributed by atoms with Gasteiger partial charge in [-0.2, -0.15) is 0 Å². The van der Waals surface area contributed by atoms with Crippen LogP contribution in [0.1, 0.15) is 6.92 Å². The van der Waals surface area contributed by atoms with Crippen molar-refractivity contribution in [2.75, 3.05) is 38.6 Å². The van der Waals surface area contributed by atoms with Gasteiger partial charge in [-0.05, 0) is 33.2 Å². The van der Waals surface area contributed by atoms with E-state index < -0.39 is 0 Å². The molecular formula is C14H22ClN3. The minimum Gasteiger partial charge on any atom is -0.367 e. The summed E-state index contributed by atoms with van der Waals surface area (Å²) in [6.07, 6.45) is 0. The van der Waals surface area contributed by atoms with Crippen molar-refractivity contribution >= 4 is 17.3 Å². The Hall–Kier alpha value is -0.770. The molecule has 2 unspecified atom stereocenters. The minimum atomic E-state index is 0.486. The molecular weight excluding hydrogens is 246 g/mol. The zero-order valence-electron chi connectivity index (χ0n) is 11.4. The van der Waals surface area contributed by atoms with Crippen LogP contribution in [0.5, 0.6) is 0 Å². The molecule has 2 atom stereocenters. The molecule has 0 aliphatic carbocycles. The molecule has 1 aliphatic rings. The Morgan fingerprint density at radius 2 is 2.06 bits per heavy atom. The highest BCUT2D eigenvalue weighted by molar-refractivity contribution is 6.33. The van der Waals surface area contributed by atoms with Crippen LogP contribution < -0.4 is 10.2 Å². The fourth-order valence-electron chi connectivity index (χ4n) is 2.64. The molecule has 0 amide bonds. The zero-order chi connectivity index (χ0) is 13.1. The molecule has 1 N–H and O–H groups in total. The Morgan fingerprint density at radius 3 is 2.72 bits per heavy atom. The summed E-state index contributed by atoms with van der Waals surface area (Å²) < 4.78 is 0. The molecule has 3 nitrogen and oxygen atoms in total. The maximum atomic E-state index is 6.29. The largest absolute Gasteiger partial charge is 0.367 e. The lowest BCUT2D eigenvalue weighted by molar-refractivity contribution is 0.297. The number of halogens is 1. The minimum absolute atomic E-state index is 0.486. The van der Waals surface area contributed by atoms with E-state index in [1.54, 1.807) is 0 Å². The lowest BCUT2D eigenvalue weighted by Crippen LogP contribution is -2.58. The van der Waals surface area contributed by atoms with Crippen LogP contribution in [-0.4, -0.2) is 50.7 Å². The number of hydrogen-bond donors (Lipinski definition) is 1. The summed E-state index contributed by atoms with van der Waals surface area (Å²) in [5, 5.41) is 4.48. The van der Waals surface area contributed by atoms with Crippen LogP contribution in [0.15, 0.2) is 24.3 Å². The van der Waals surface area contributed by atoms with Crippen LogP contribution in [0.2, 0.25) is 5.02 Å². The van der Waals surface area contributed by atoms with Crippen molar-refractivity contribution in [1.82, 2.24) is 10.2 Å². The maximum Gasteiger partial charge on any atom is 0.0639 e. The van der Waals surface area contributed by atoms with Gasteiger partial charge in [0.1, 0.15) is 0 Å². The Bertz CT molecular complexity index is 392. The number of anilines is 1. The SMILES string of the molecule is CC1CN(c2ccccc2Cl)CC(CN(C)C)N1. The van der Waals surface area contributed by atoms with Crippen molar-refractivity contribution in [1.29, 1.82) is 0 Å². The van der Waals surface area contributed by atoms with Crippen molar-refractivity contribution < 1.29 is 0 Å². The van der Waals surface area contributed by atoms with Crippen molar-refractivity contribution in [3.8, 4) is 0 Å². The molecule has 0 aromatic heterocycles. The summed E-state index contributed by atoms with van der Waals surface area (Å²) >= 11 is 6.29. The number of nitrogens with one attached hydrogen (secondary N) is 1. The number of benzene rings is 1. The van der Waals surface area contributed by atoms with E-state index in [1.165, 1.54) is 0 Å². The van der Waals surface area contributed by atoms with E-state index in [-0.39, 0.29) is 0 Å². The van der Waals surface area contributed by atoms with E-state index in [0.717, 1.165) is 30.3 Å². The molecule has 1 aromatic rings. The third-order valence-corrected chi connectivity index (χ3v) is 3.55. The second-order valence-electron chi connectivity index (χ2n) is 5.38. The van der Waals surface area contributed by atoms with E-state index in [1.807, 2.05) is 12.1 Å². The van der Waals surface area contributed by atoms with Crippen molar-refractivity contribution in [3.63, 3.8) is 0 Å². The average molecular weight is 268 g/mol. The Balaban J connectivity index is 2.11. The smallest absolute Gasteiger partial charge is 0.0639 e. The number of likely N-dealkylation sites (N-methyl/N-ethyl adjacent to an activating group) is 1. The van der Waals surface area contributed by atoms with Gasteiger partial charge in [0.2, 0.25) is 0 Å². The highest BCUT2D eigenvalue weighted by Gasteiger charge is 2.25. The molecule has 1 aliphatic heterocycles. The van der Waals surface area contributed by atoms with Gasteiger partial charge in [0.15, 0.2) is 0 Å². The Labute approximate surface area is 115 Å². The van der Waals surface area contributed by atoms with Crippen LogP contribution in [0.3, 0.4) is 0 Å². The molecule has 1 aromatic carbocycles. The lowest BCUT2D eigenvalue weighted by Gasteiger charge is -2.40. The standard InChI is InChI=1S/C14H22ClN3/c1-11-8-18(10-12(16-11)9-17(2)3)14-7-5-4-6-13(14)15/h4-7,11-12,16H,8-10H2,1-3H3. The predicted molar refractivity (Wildman–Crippen MR) is 78.6 cm³/mol. The molecule has 0 saturated carbocycles. The van der Waals surface area contributed by atoms with Crippen molar-refractivity contribution in [2.45, 2.75) is 19.0 Å². The van der Waals surface area contributed by atoms with Gasteiger partial charge in [-0.3, -0.25) is 0 Å². The normalized spacial score (nSPS) is 24.6. The maximum absolute atomic E-state index is 6.29. The van der Waals surface area contributed by atoms with E-state index in [9.17, 15) is 0 Å². The molecule has 18 heavy (non-hydrogen) atoms. The highest BCUT2D eigenvalue weighted by atomic mass is 35.5. The van der Waals surface area contributed by atoms with Crippen molar-refractivity contribution in [2.24, 2.45) is 0 Å². The number of para-hydroxylation sites is 1. The summed E-state index contributed by atoms with van der Waals surface area (Å²) in [5.74, 6) is 0. The molecule has 1 heterocycles. The first kappa shape index (κ1) is 13.7. The van der Waals surface area contributed by atoms with Gasteiger partial charge >= 0.3 is 0 Å². The second kappa shape index (κ2) is 5.91. The fourth-order valence-corrected chi connectivity index (χ4v) is 2.89. The van der Waals surface area contributed by atoms with Gasteiger partial charge in [-0.25, -0.2) is 0 Å². The average Bonchev–Trinajstić information content (AvgIpc) is 2.27. The van der Waals surface area contributed by atoms with Gasteiger partial charge in [-0.1, -0.05) is 23.7 Å².